The average molecular weight is 306 g/mol. The number of carbonyl (C=O) groups excluding carboxylic acids is 1. The second kappa shape index (κ2) is 6.37. The molecule has 22 heavy (non-hydrogen) atoms. The van der Waals surface area contributed by atoms with Gasteiger partial charge in [-0.15, -0.1) is 0 Å². The number of aromatic nitrogens is 4. The maximum absolute atomic E-state index is 11.9. The maximum Gasteiger partial charge on any atom is 0.306 e. The Morgan fingerprint density at radius 2 is 2.18 bits per heavy atom. The van der Waals surface area contributed by atoms with Gasteiger partial charge in [-0.3, -0.25) is 24.3 Å². The van der Waals surface area contributed by atoms with Crippen molar-refractivity contribution in [2.45, 2.75) is 32.9 Å². The molecular weight excluding hydrogens is 288 g/mol. The number of hydrogen-bond acceptors (Lipinski definition) is 5. The minimum absolute atomic E-state index is 0.0836. The van der Waals surface area contributed by atoms with Gasteiger partial charge in [-0.05, 0) is 13.8 Å². The van der Waals surface area contributed by atoms with Crippen LogP contribution in [-0.2, 0) is 18.4 Å². The van der Waals surface area contributed by atoms with E-state index in [0.29, 0.717) is 6.54 Å². The number of nitrogens with one attached hydrogen (secondary N) is 1. The molecule has 118 valence electrons. The van der Waals surface area contributed by atoms with Gasteiger partial charge in [-0.25, -0.2) is 0 Å². The standard InChI is InChI=1S/C13H18N6O3/c1-9(12-7-14-17(3)10(12)2)16-13(20)4-5-18-8-11(6-15-18)19(21)22/h6-9H,4-5H2,1-3H3,(H,16,20). The Hall–Kier alpha value is -2.71. The van der Waals surface area contributed by atoms with Gasteiger partial charge in [-0.2, -0.15) is 10.2 Å². The van der Waals surface area contributed by atoms with Gasteiger partial charge in [-0.1, -0.05) is 0 Å². The molecule has 0 saturated heterocycles. The van der Waals surface area contributed by atoms with Crippen molar-refractivity contribution >= 4 is 11.6 Å². The summed E-state index contributed by atoms with van der Waals surface area (Å²) < 4.78 is 3.14. The Morgan fingerprint density at radius 1 is 1.45 bits per heavy atom. The van der Waals surface area contributed by atoms with Crippen LogP contribution < -0.4 is 5.32 Å². The summed E-state index contributed by atoms with van der Waals surface area (Å²) in [4.78, 5) is 22.0. The molecule has 1 unspecified atom stereocenters. The van der Waals surface area contributed by atoms with Gasteiger partial charge in [0.1, 0.15) is 12.4 Å². The lowest BCUT2D eigenvalue weighted by atomic mass is 10.1. The number of rotatable bonds is 6. The molecule has 0 aliphatic heterocycles. The zero-order valence-corrected chi connectivity index (χ0v) is 12.7. The van der Waals surface area contributed by atoms with Crippen LogP contribution in [-0.4, -0.2) is 30.4 Å². The molecule has 2 aromatic rings. The van der Waals surface area contributed by atoms with Crippen LogP contribution in [0.1, 0.15) is 30.6 Å². The summed E-state index contributed by atoms with van der Waals surface area (Å²) in [6, 6.07) is -0.145. The first-order valence-electron chi connectivity index (χ1n) is 6.83. The van der Waals surface area contributed by atoms with Crippen LogP contribution in [0.15, 0.2) is 18.6 Å². The molecule has 0 aromatic carbocycles. The molecule has 9 heteroatoms. The average Bonchev–Trinajstić information content (AvgIpc) is 3.05. The first-order chi connectivity index (χ1) is 10.4. The molecule has 2 aromatic heterocycles. The maximum atomic E-state index is 11.9. The van der Waals surface area contributed by atoms with E-state index in [0.717, 1.165) is 11.3 Å². The molecule has 0 aliphatic rings. The molecule has 2 heterocycles. The molecule has 0 fully saturated rings. The van der Waals surface area contributed by atoms with E-state index in [2.05, 4.69) is 15.5 Å². The van der Waals surface area contributed by atoms with E-state index in [9.17, 15) is 14.9 Å². The van der Waals surface area contributed by atoms with Crippen molar-refractivity contribution in [2.75, 3.05) is 0 Å². The monoisotopic (exact) mass is 306 g/mol. The molecule has 0 radical (unpaired) electrons. The summed E-state index contributed by atoms with van der Waals surface area (Å²) in [6.07, 6.45) is 4.40. The highest BCUT2D eigenvalue weighted by atomic mass is 16.6. The highest BCUT2D eigenvalue weighted by Crippen LogP contribution is 2.16. The van der Waals surface area contributed by atoms with Crippen LogP contribution in [0.4, 0.5) is 5.69 Å². The van der Waals surface area contributed by atoms with Crippen molar-refractivity contribution in [3.05, 3.63) is 40.0 Å². The lowest BCUT2D eigenvalue weighted by Crippen LogP contribution is -2.27. The number of nitrogens with zero attached hydrogens (tertiary/aromatic N) is 5. The lowest BCUT2D eigenvalue weighted by Gasteiger charge is -2.13. The largest absolute Gasteiger partial charge is 0.349 e. The fraction of sp³-hybridized carbons (Fsp3) is 0.462. The Balaban J connectivity index is 1.87. The zero-order chi connectivity index (χ0) is 16.3. The SMILES string of the molecule is Cc1c(C(C)NC(=O)CCn2cc([N+](=O)[O-])cn2)cnn1C. The summed E-state index contributed by atoms with van der Waals surface area (Å²) >= 11 is 0. The predicted octanol–water partition coefficient (Wildman–Crippen LogP) is 1.10. The van der Waals surface area contributed by atoms with E-state index in [1.54, 1.807) is 10.9 Å². The van der Waals surface area contributed by atoms with Crippen LogP contribution in [0.3, 0.4) is 0 Å². The van der Waals surface area contributed by atoms with Gasteiger partial charge >= 0.3 is 5.69 Å². The van der Waals surface area contributed by atoms with E-state index in [1.165, 1.54) is 17.1 Å². The normalized spacial score (nSPS) is 12.1. The van der Waals surface area contributed by atoms with Crippen LogP contribution in [0, 0.1) is 17.0 Å². The van der Waals surface area contributed by atoms with Crippen molar-refractivity contribution in [1.82, 2.24) is 24.9 Å². The minimum Gasteiger partial charge on any atom is -0.349 e. The number of hydrogen-bond donors (Lipinski definition) is 1. The predicted molar refractivity (Wildman–Crippen MR) is 78.0 cm³/mol. The summed E-state index contributed by atoms with van der Waals surface area (Å²) in [5.74, 6) is -0.145. The Labute approximate surface area is 127 Å². The van der Waals surface area contributed by atoms with Crippen LogP contribution in [0.5, 0.6) is 0 Å². The second-order valence-electron chi connectivity index (χ2n) is 5.07. The van der Waals surface area contributed by atoms with Crippen molar-refractivity contribution in [3.8, 4) is 0 Å². The highest BCUT2D eigenvalue weighted by Gasteiger charge is 2.15. The van der Waals surface area contributed by atoms with Gasteiger partial charge in [0.25, 0.3) is 0 Å². The molecule has 0 saturated carbocycles. The number of amides is 1. The van der Waals surface area contributed by atoms with Gasteiger partial charge in [0.2, 0.25) is 5.91 Å². The molecule has 0 aliphatic carbocycles. The summed E-state index contributed by atoms with van der Waals surface area (Å²) in [5, 5.41) is 21.4. The first kappa shape index (κ1) is 15.7. The van der Waals surface area contributed by atoms with Gasteiger partial charge < -0.3 is 5.32 Å². The topological polar surface area (TPSA) is 108 Å². The van der Waals surface area contributed by atoms with E-state index >= 15 is 0 Å². The van der Waals surface area contributed by atoms with Crippen molar-refractivity contribution in [1.29, 1.82) is 0 Å². The Bertz CT molecular complexity index is 690. The van der Waals surface area contributed by atoms with E-state index in [1.807, 2.05) is 20.9 Å². The summed E-state index contributed by atoms with van der Waals surface area (Å²) in [5.41, 5.74) is 1.88. The van der Waals surface area contributed by atoms with Gasteiger partial charge in [0.15, 0.2) is 0 Å². The van der Waals surface area contributed by atoms with Crippen molar-refractivity contribution in [2.24, 2.45) is 7.05 Å². The van der Waals surface area contributed by atoms with Crippen LogP contribution in [0.2, 0.25) is 0 Å². The lowest BCUT2D eigenvalue weighted by molar-refractivity contribution is -0.385. The molecule has 0 bridgehead atoms. The second-order valence-corrected chi connectivity index (χ2v) is 5.07. The van der Waals surface area contributed by atoms with E-state index in [-0.39, 0.29) is 24.1 Å². The molecule has 9 nitrogen and oxygen atoms in total. The summed E-state index contributed by atoms with van der Waals surface area (Å²) in [6.45, 7) is 4.12. The quantitative estimate of drug-likeness (QED) is 0.635. The number of carbonyl (C=O) groups is 1. The Kier molecular flexibility index (Phi) is 4.54. The first-order valence-corrected chi connectivity index (χ1v) is 6.83. The third-order valence-electron chi connectivity index (χ3n) is 3.52. The molecule has 1 amide bonds. The van der Waals surface area contributed by atoms with Crippen LogP contribution in [0.25, 0.3) is 0 Å². The smallest absolute Gasteiger partial charge is 0.306 e. The highest BCUT2D eigenvalue weighted by molar-refractivity contribution is 5.76. The number of nitro groups is 1. The van der Waals surface area contributed by atoms with Gasteiger partial charge in [0.05, 0.1) is 17.2 Å². The van der Waals surface area contributed by atoms with Gasteiger partial charge in [0, 0.05) is 31.3 Å². The fourth-order valence-electron chi connectivity index (χ4n) is 2.12. The van der Waals surface area contributed by atoms with Crippen molar-refractivity contribution in [3.63, 3.8) is 0 Å². The number of aryl methyl sites for hydroxylation is 2. The molecule has 0 spiro atoms. The summed E-state index contributed by atoms with van der Waals surface area (Å²) in [7, 11) is 1.85. The van der Waals surface area contributed by atoms with E-state index in [4.69, 9.17) is 0 Å². The molecule has 1 atom stereocenters. The van der Waals surface area contributed by atoms with E-state index < -0.39 is 4.92 Å². The Morgan fingerprint density at radius 3 is 2.73 bits per heavy atom. The third-order valence-corrected chi connectivity index (χ3v) is 3.52. The molecular formula is C13H18N6O3. The van der Waals surface area contributed by atoms with Crippen LogP contribution >= 0.6 is 0 Å². The zero-order valence-electron chi connectivity index (χ0n) is 12.7. The molecule has 2 rings (SSSR count). The third kappa shape index (κ3) is 3.48. The fourth-order valence-corrected chi connectivity index (χ4v) is 2.12. The van der Waals surface area contributed by atoms with Crippen molar-refractivity contribution < 1.29 is 9.72 Å². The minimum atomic E-state index is -0.517. The molecule has 1 N–H and O–H groups in total.